The molecule has 0 saturated carbocycles. The van der Waals surface area contributed by atoms with Gasteiger partial charge in [0.2, 0.25) is 0 Å². The minimum Gasteiger partial charge on any atom is -0.394 e. The predicted molar refractivity (Wildman–Crippen MR) is 75.6 cm³/mol. The van der Waals surface area contributed by atoms with E-state index in [1.54, 1.807) is 12.3 Å². The summed E-state index contributed by atoms with van der Waals surface area (Å²) in [6.07, 6.45) is 1.69. The highest BCUT2D eigenvalue weighted by Gasteiger charge is 2.13. The second-order valence-corrected chi connectivity index (χ2v) is 5.50. The Balaban J connectivity index is 2.40. The molecule has 0 fully saturated rings. The molecular weight excluding hydrogens is 224 g/mol. The van der Waals surface area contributed by atoms with Crippen LogP contribution in [-0.2, 0) is 5.41 Å². The first-order valence-electron chi connectivity index (χ1n) is 5.97. The quantitative estimate of drug-likeness (QED) is 0.807. The lowest BCUT2D eigenvalue weighted by Crippen LogP contribution is -2.11. The van der Waals surface area contributed by atoms with Crippen LogP contribution in [0.3, 0.4) is 0 Å². The fourth-order valence-electron chi connectivity index (χ4n) is 1.83. The summed E-state index contributed by atoms with van der Waals surface area (Å²) < 4.78 is 0. The van der Waals surface area contributed by atoms with Gasteiger partial charge in [-0.3, -0.25) is 4.79 Å². The number of nitrogens with two attached hydrogens (primary N) is 1. The lowest BCUT2D eigenvalue weighted by molar-refractivity contribution is 0.590. The van der Waals surface area contributed by atoms with Crippen LogP contribution in [0.4, 0.5) is 5.69 Å². The summed E-state index contributed by atoms with van der Waals surface area (Å²) in [5, 5.41) is 0. The molecule has 1 heterocycles. The number of pyridine rings is 1. The van der Waals surface area contributed by atoms with Gasteiger partial charge in [-0.2, -0.15) is 0 Å². The third-order valence-corrected chi connectivity index (χ3v) is 3.02. The Morgan fingerprint density at radius 3 is 2.17 bits per heavy atom. The number of aromatic amines is 1. The van der Waals surface area contributed by atoms with Gasteiger partial charge in [-0.1, -0.05) is 45.0 Å². The standard InChI is InChI=1S/C15H18N2O/c1-15(2,3)12-6-4-10(5-7-12)11-8-13(16)14(18)17-9-11/h4-9H,16H2,1-3H3,(H,17,18). The summed E-state index contributed by atoms with van der Waals surface area (Å²) in [7, 11) is 0. The van der Waals surface area contributed by atoms with Crippen molar-refractivity contribution in [2.24, 2.45) is 0 Å². The van der Waals surface area contributed by atoms with Gasteiger partial charge in [0.15, 0.2) is 0 Å². The zero-order valence-corrected chi connectivity index (χ0v) is 10.9. The first-order valence-corrected chi connectivity index (χ1v) is 5.97. The minimum absolute atomic E-state index is 0.141. The maximum atomic E-state index is 11.2. The maximum absolute atomic E-state index is 11.2. The molecular formula is C15H18N2O. The fraction of sp³-hybridized carbons (Fsp3) is 0.267. The monoisotopic (exact) mass is 242 g/mol. The van der Waals surface area contributed by atoms with Crippen molar-refractivity contribution in [1.29, 1.82) is 0 Å². The van der Waals surface area contributed by atoms with Gasteiger partial charge in [0.1, 0.15) is 0 Å². The molecule has 2 aromatic rings. The molecule has 0 unspecified atom stereocenters. The summed E-state index contributed by atoms with van der Waals surface area (Å²) in [6, 6.07) is 10.0. The lowest BCUT2D eigenvalue weighted by atomic mass is 9.86. The van der Waals surface area contributed by atoms with Gasteiger partial charge in [0.25, 0.3) is 5.56 Å². The number of nitrogen functional groups attached to an aromatic ring is 1. The highest BCUT2D eigenvalue weighted by atomic mass is 16.1. The van der Waals surface area contributed by atoms with Crippen molar-refractivity contribution in [3.8, 4) is 11.1 Å². The molecule has 3 heteroatoms. The third kappa shape index (κ3) is 2.45. The van der Waals surface area contributed by atoms with E-state index in [1.165, 1.54) is 5.56 Å². The molecule has 0 radical (unpaired) electrons. The van der Waals surface area contributed by atoms with E-state index in [2.05, 4.69) is 37.9 Å². The largest absolute Gasteiger partial charge is 0.394 e. The van der Waals surface area contributed by atoms with Crippen LogP contribution >= 0.6 is 0 Å². The number of hydrogen-bond donors (Lipinski definition) is 2. The van der Waals surface area contributed by atoms with Crippen LogP contribution in [0.2, 0.25) is 0 Å². The van der Waals surface area contributed by atoms with Crippen LogP contribution < -0.4 is 11.3 Å². The van der Waals surface area contributed by atoms with Gasteiger partial charge in [-0.05, 0) is 22.6 Å². The molecule has 94 valence electrons. The molecule has 0 saturated heterocycles. The third-order valence-electron chi connectivity index (χ3n) is 3.02. The summed E-state index contributed by atoms with van der Waals surface area (Å²) in [5.41, 5.74) is 9.00. The normalized spacial score (nSPS) is 11.5. The summed E-state index contributed by atoms with van der Waals surface area (Å²) in [6.45, 7) is 6.54. The van der Waals surface area contributed by atoms with Gasteiger partial charge in [0.05, 0.1) is 5.69 Å². The van der Waals surface area contributed by atoms with Crippen LogP contribution in [0.15, 0.2) is 41.3 Å². The van der Waals surface area contributed by atoms with E-state index in [1.807, 2.05) is 12.1 Å². The minimum atomic E-state index is -0.245. The van der Waals surface area contributed by atoms with Crippen molar-refractivity contribution in [3.63, 3.8) is 0 Å². The Bertz CT molecular complexity index is 604. The van der Waals surface area contributed by atoms with Gasteiger partial charge < -0.3 is 10.7 Å². The highest BCUT2D eigenvalue weighted by molar-refractivity contribution is 5.66. The Kier molecular flexibility index (Phi) is 2.99. The van der Waals surface area contributed by atoms with E-state index in [-0.39, 0.29) is 16.7 Å². The number of anilines is 1. The second-order valence-electron chi connectivity index (χ2n) is 5.50. The van der Waals surface area contributed by atoms with Gasteiger partial charge >= 0.3 is 0 Å². The Morgan fingerprint density at radius 1 is 1.06 bits per heavy atom. The number of rotatable bonds is 1. The molecule has 0 aliphatic rings. The molecule has 0 bridgehead atoms. The highest BCUT2D eigenvalue weighted by Crippen LogP contribution is 2.25. The smallest absolute Gasteiger partial charge is 0.271 e. The van der Waals surface area contributed by atoms with Crippen LogP contribution in [0, 0.1) is 0 Å². The molecule has 18 heavy (non-hydrogen) atoms. The molecule has 0 aliphatic heterocycles. The van der Waals surface area contributed by atoms with E-state index in [0.717, 1.165) is 11.1 Å². The van der Waals surface area contributed by atoms with Crippen LogP contribution in [0.1, 0.15) is 26.3 Å². The van der Waals surface area contributed by atoms with Crippen LogP contribution in [0.5, 0.6) is 0 Å². The van der Waals surface area contributed by atoms with E-state index in [0.29, 0.717) is 0 Å². The zero-order valence-electron chi connectivity index (χ0n) is 10.9. The molecule has 3 nitrogen and oxygen atoms in total. The molecule has 2 rings (SSSR count). The zero-order chi connectivity index (χ0) is 13.3. The Morgan fingerprint density at radius 2 is 1.67 bits per heavy atom. The predicted octanol–water partition coefficient (Wildman–Crippen LogP) is 2.92. The van der Waals surface area contributed by atoms with Crippen LogP contribution in [-0.4, -0.2) is 4.98 Å². The Labute approximate surface area is 107 Å². The number of H-pyrrole nitrogens is 1. The SMILES string of the molecule is CC(C)(C)c1ccc(-c2c[nH]c(=O)c(N)c2)cc1. The summed E-state index contributed by atoms with van der Waals surface area (Å²) >= 11 is 0. The number of nitrogens with one attached hydrogen (secondary N) is 1. The average molecular weight is 242 g/mol. The Hall–Kier alpha value is -2.03. The van der Waals surface area contributed by atoms with Crippen molar-refractivity contribution in [1.82, 2.24) is 4.98 Å². The molecule has 0 aliphatic carbocycles. The van der Waals surface area contributed by atoms with E-state index in [4.69, 9.17) is 5.73 Å². The molecule has 0 atom stereocenters. The lowest BCUT2D eigenvalue weighted by Gasteiger charge is -2.19. The number of benzene rings is 1. The summed E-state index contributed by atoms with van der Waals surface area (Å²) in [5.74, 6) is 0. The van der Waals surface area contributed by atoms with E-state index in [9.17, 15) is 4.79 Å². The van der Waals surface area contributed by atoms with E-state index < -0.39 is 0 Å². The molecule has 0 spiro atoms. The van der Waals surface area contributed by atoms with E-state index >= 15 is 0 Å². The topological polar surface area (TPSA) is 58.9 Å². The van der Waals surface area contributed by atoms with Crippen LogP contribution in [0.25, 0.3) is 11.1 Å². The molecule has 0 amide bonds. The number of hydrogen-bond acceptors (Lipinski definition) is 2. The average Bonchev–Trinajstić information content (AvgIpc) is 2.32. The molecule has 1 aromatic carbocycles. The molecule has 1 aromatic heterocycles. The van der Waals surface area contributed by atoms with Crippen molar-refractivity contribution in [3.05, 3.63) is 52.4 Å². The number of aromatic nitrogens is 1. The van der Waals surface area contributed by atoms with Crippen molar-refractivity contribution in [2.45, 2.75) is 26.2 Å². The second kappa shape index (κ2) is 4.33. The van der Waals surface area contributed by atoms with Crippen molar-refractivity contribution >= 4 is 5.69 Å². The first-order chi connectivity index (χ1) is 8.38. The fourth-order valence-corrected chi connectivity index (χ4v) is 1.83. The first kappa shape index (κ1) is 12.4. The molecule has 3 N–H and O–H groups in total. The summed E-state index contributed by atoms with van der Waals surface area (Å²) in [4.78, 5) is 13.8. The van der Waals surface area contributed by atoms with Gasteiger partial charge in [-0.15, -0.1) is 0 Å². The van der Waals surface area contributed by atoms with Crippen molar-refractivity contribution < 1.29 is 0 Å². The maximum Gasteiger partial charge on any atom is 0.271 e. The van der Waals surface area contributed by atoms with Gasteiger partial charge in [-0.25, -0.2) is 0 Å². The van der Waals surface area contributed by atoms with Crippen molar-refractivity contribution in [2.75, 3.05) is 5.73 Å². The van der Waals surface area contributed by atoms with Gasteiger partial charge in [0, 0.05) is 11.8 Å².